The summed E-state index contributed by atoms with van der Waals surface area (Å²) < 4.78 is 5.39. The van der Waals surface area contributed by atoms with Crippen LogP contribution in [-0.2, 0) is 13.1 Å². The molecule has 1 aromatic heterocycles. The van der Waals surface area contributed by atoms with E-state index < -0.39 is 0 Å². The van der Waals surface area contributed by atoms with E-state index in [0.717, 1.165) is 44.9 Å². The summed E-state index contributed by atoms with van der Waals surface area (Å²) >= 11 is 0. The third-order valence-corrected chi connectivity index (χ3v) is 5.98. The minimum atomic E-state index is 0.225. The Balaban J connectivity index is 1.42. The van der Waals surface area contributed by atoms with Crippen molar-refractivity contribution in [3.63, 3.8) is 0 Å². The predicted octanol–water partition coefficient (Wildman–Crippen LogP) is 3.55. The van der Waals surface area contributed by atoms with Crippen molar-refractivity contribution in [2.75, 3.05) is 33.4 Å². The number of piperazine rings is 1. The fraction of sp³-hybridized carbons (Fsp3) is 0.417. The van der Waals surface area contributed by atoms with E-state index >= 15 is 0 Å². The Hall–Kier alpha value is -2.34. The number of nitrogens with one attached hydrogen (secondary N) is 1. The van der Waals surface area contributed by atoms with Crippen molar-refractivity contribution in [1.82, 2.24) is 14.8 Å². The van der Waals surface area contributed by atoms with E-state index in [1.807, 2.05) is 0 Å². The standard InChI is InChI=1S/C24H31N3O2/c1-18-13-19(7-8-24(18)29-2)15-27-11-10-26(17-22(27)9-12-28)16-21-14-20-5-3-4-6-23(20)25-21/h3-8,13-14,22,25,28H,9-12,15-17H2,1-2H3/t22-/m0/s1. The number of aromatic nitrogens is 1. The van der Waals surface area contributed by atoms with Gasteiger partial charge in [0.1, 0.15) is 5.75 Å². The topological polar surface area (TPSA) is 51.7 Å². The van der Waals surface area contributed by atoms with E-state index in [9.17, 15) is 5.11 Å². The molecule has 2 heterocycles. The lowest BCUT2D eigenvalue weighted by atomic mass is 10.1. The zero-order valence-corrected chi connectivity index (χ0v) is 17.4. The first kappa shape index (κ1) is 20.0. The van der Waals surface area contributed by atoms with Gasteiger partial charge in [0.05, 0.1) is 7.11 Å². The fourth-order valence-electron chi connectivity index (χ4n) is 4.46. The molecule has 154 valence electrons. The molecule has 2 aromatic carbocycles. The van der Waals surface area contributed by atoms with Crippen molar-refractivity contribution < 1.29 is 9.84 Å². The third kappa shape index (κ3) is 4.64. The van der Waals surface area contributed by atoms with Crippen LogP contribution in [0.2, 0.25) is 0 Å². The van der Waals surface area contributed by atoms with E-state index in [-0.39, 0.29) is 6.61 Å². The maximum Gasteiger partial charge on any atom is 0.121 e. The van der Waals surface area contributed by atoms with E-state index in [0.29, 0.717) is 6.04 Å². The molecule has 2 N–H and O–H groups in total. The number of aliphatic hydroxyl groups excluding tert-OH is 1. The Morgan fingerprint density at radius 3 is 2.72 bits per heavy atom. The molecule has 0 aliphatic carbocycles. The summed E-state index contributed by atoms with van der Waals surface area (Å²) in [5.41, 5.74) is 4.92. The zero-order valence-electron chi connectivity index (χ0n) is 17.4. The second kappa shape index (κ2) is 8.99. The molecule has 1 saturated heterocycles. The molecule has 5 heteroatoms. The highest BCUT2D eigenvalue weighted by atomic mass is 16.5. The number of para-hydroxylation sites is 1. The molecule has 0 saturated carbocycles. The summed E-state index contributed by atoms with van der Waals surface area (Å²) in [5, 5.41) is 10.9. The van der Waals surface area contributed by atoms with Crippen LogP contribution in [0, 0.1) is 6.92 Å². The number of hydrogen-bond donors (Lipinski definition) is 2. The summed E-state index contributed by atoms with van der Waals surface area (Å²) in [6, 6.07) is 17.5. The highest BCUT2D eigenvalue weighted by Gasteiger charge is 2.27. The number of ether oxygens (including phenoxy) is 1. The Labute approximate surface area is 172 Å². The second-order valence-electron chi connectivity index (χ2n) is 8.06. The van der Waals surface area contributed by atoms with Crippen LogP contribution in [0.1, 0.15) is 23.2 Å². The second-order valence-corrected chi connectivity index (χ2v) is 8.06. The van der Waals surface area contributed by atoms with E-state index in [2.05, 4.69) is 70.2 Å². The first-order valence-electron chi connectivity index (χ1n) is 10.4. The van der Waals surface area contributed by atoms with Gasteiger partial charge >= 0.3 is 0 Å². The quantitative estimate of drug-likeness (QED) is 0.645. The van der Waals surface area contributed by atoms with Gasteiger partial charge in [-0.05, 0) is 48.1 Å². The number of benzene rings is 2. The van der Waals surface area contributed by atoms with Crippen LogP contribution >= 0.6 is 0 Å². The van der Waals surface area contributed by atoms with Crippen LogP contribution in [0.3, 0.4) is 0 Å². The summed E-state index contributed by atoms with van der Waals surface area (Å²) in [7, 11) is 1.71. The van der Waals surface area contributed by atoms with Crippen LogP contribution in [0.25, 0.3) is 10.9 Å². The van der Waals surface area contributed by atoms with Gasteiger partial charge in [-0.3, -0.25) is 9.80 Å². The molecule has 1 aliphatic rings. The zero-order chi connectivity index (χ0) is 20.2. The van der Waals surface area contributed by atoms with E-state index in [4.69, 9.17) is 4.74 Å². The molecule has 3 aromatic rings. The number of fused-ring (bicyclic) bond motifs is 1. The smallest absolute Gasteiger partial charge is 0.121 e. The highest BCUT2D eigenvalue weighted by molar-refractivity contribution is 5.80. The molecule has 1 aliphatic heterocycles. The van der Waals surface area contributed by atoms with Gasteiger partial charge in [-0.15, -0.1) is 0 Å². The van der Waals surface area contributed by atoms with Crippen LogP contribution in [0.4, 0.5) is 0 Å². The average molecular weight is 394 g/mol. The Morgan fingerprint density at radius 1 is 1.10 bits per heavy atom. The maximum absolute atomic E-state index is 9.62. The van der Waals surface area contributed by atoms with E-state index in [1.54, 1.807) is 7.11 Å². The first-order chi connectivity index (χ1) is 14.2. The van der Waals surface area contributed by atoms with Crippen LogP contribution in [0.15, 0.2) is 48.5 Å². The van der Waals surface area contributed by atoms with Gasteiger partial charge in [0.15, 0.2) is 0 Å². The molecule has 0 bridgehead atoms. The minimum Gasteiger partial charge on any atom is -0.496 e. The number of hydrogen-bond acceptors (Lipinski definition) is 4. The highest BCUT2D eigenvalue weighted by Crippen LogP contribution is 2.23. The van der Waals surface area contributed by atoms with Gasteiger partial charge in [-0.2, -0.15) is 0 Å². The number of aliphatic hydroxyl groups is 1. The minimum absolute atomic E-state index is 0.225. The van der Waals surface area contributed by atoms with Gasteiger partial charge < -0.3 is 14.8 Å². The molecule has 29 heavy (non-hydrogen) atoms. The Kier molecular flexibility index (Phi) is 6.19. The van der Waals surface area contributed by atoms with Crippen molar-refractivity contribution in [2.24, 2.45) is 0 Å². The van der Waals surface area contributed by atoms with Gasteiger partial charge in [-0.25, -0.2) is 0 Å². The van der Waals surface area contributed by atoms with Crippen LogP contribution < -0.4 is 4.74 Å². The summed E-state index contributed by atoms with van der Waals surface area (Å²) in [5.74, 6) is 0.934. The number of aryl methyl sites for hydroxylation is 1. The summed E-state index contributed by atoms with van der Waals surface area (Å²) in [4.78, 5) is 8.56. The molecule has 0 radical (unpaired) electrons. The fourth-order valence-corrected chi connectivity index (χ4v) is 4.46. The molecule has 0 spiro atoms. The molecule has 0 amide bonds. The van der Waals surface area contributed by atoms with Crippen molar-refractivity contribution in [3.05, 3.63) is 65.4 Å². The number of rotatable bonds is 7. The average Bonchev–Trinajstić information content (AvgIpc) is 3.12. The molecular formula is C24H31N3O2. The Bertz CT molecular complexity index is 919. The van der Waals surface area contributed by atoms with Crippen LogP contribution in [-0.4, -0.2) is 59.3 Å². The van der Waals surface area contributed by atoms with Gasteiger partial charge in [0, 0.05) is 56.6 Å². The monoisotopic (exact) mass is 393 g/mol. The van der Waals surface area contributed by atoms with Gasteiger partial charge in [0.25, 0.3) is 0 Å². The summed E-state index contributed by atoms with van der Waals surface area (Å²) in [6.45, 7) is 7.17. The predicted molar refractivity (Wildman–Crippen MR) is 117 cm³/mol. The number of H-pyrrole nitrogens is 1. The first-order valence-corrected chi connectivity index (χ1v) is 10.4. The Morgan fingerprint density at radius 2 is 1.97 bits per heavy atom. The lowest BCUT2D eigenvalue weighted by Gasteiger charge is -2.41. The molecule has 4 rings (SSSR count). The molecule has 5 nitrogen and oxygen atoms in total. The molecule has 0 unspecified atom stereocenters. The van der Waals surface area contributed by atoms with Crippen LogP contribution in [0.5, 0.6) is 5.75 Å². The molecular weight excluding hydrogens is 362 g/mol. The number of nitrogens with zero attached hydrogens (tertiary/aromatic N) is 2. The van der Waals surface area contributed by atoms with E-state index in [1.165, 1.54) is 27.7 Å². The number of aromatic amines is 1. The van der Waals surface area contributed by atoms with Crippen molar-refractivity contribution in [3.8, 4) is 5.75 Å². The van der Waals surface area contributed by atoms with Gasteiger partial charge in [0.2, 0.25) is 0 Å². The number of methoxy groups -OCH3 is 1. The molecule has 1 atom stereocenters. The SMILES string of the molecule is COc1ccc(CN2CCN(Cc3cc4ccccc4[nH]3)C[C@@H]2CCO)cc1C. The molecule has 1 fully saturated rings. The lowest BCUT2D eigenvalue weighted by Crippen LogP contribution is -2.52. The third-order valence-electron chi connectivity index (χ3n) is 5.98. The normalized spacial score (nSPS) is 18.4. The van der Waals surface area contributed by atoms with Crippen molar-refractivity contribution >= 4 is 10.9 Å². The van der Waals surface area contributed by atoms with Crippen molar-refractivity contribution in [1.29, 1.82) is 0 Å². The maximum atomic E-state index is 9.62. The lowest BCUT2D eigenvalue weighted by molar-refractivity contribution is 0.0495. The van der Waals surface area contributed by atoms with Gasteiger partial charge in [-0.1, -0.05) is 30.3 Å². The summed E-state index contributed by atoms with van der Waals surface area (Å²) in [6.07, 6.45) is 0.804. The largest absolute Gasteiger partial charge is 0.496 e. The van der Waals surface area contributed by atoms with Crippen molar-refractivity contribution in [2.45, 2.75) is 32.5 Å².